The van der Waals surface area contributed by atoms with Gasteiger partial charge >= 0.3 is 0 Å². The first kappa shape index (κ1) is 21.3. The molecule has 4 rings (SSSR count). The minimum atomic E-state index is -3.76. The van der Waals surface area contributed by atoms with Crippen molar-refractivity contribution in [2.75, 3.05) is 18.4 Å². The first-order valence-corrected chi connectivity index (χ1v) is 11.7. The van der Waals surface area contributed by atoms with Crippen LogP contribution in [0.5, 0.6) is 0 Å². The maximum atomic E-state index is 13.2. The van der Waals surface area contributed by atoms with Crippen molar-refractivity contribution in [2.24, 2.45) is 5.92 Å². The van der Waals surface area contributed by atoms with Crippen molar-refractivity contribution in [3.63, 3.8) is 0 Å². The minimum Gasteiger partial charge on any atom is -0.326 e. The SMILES string of the molecule is Cc1cc(C)cc(NC(=O)[C@@H]2CCCN(S(=O)(=O)c3ccc4[nH]c(=O)ccc4c3)C2)c1. The van der Waals surface area contributed by atoms with Gasteiger partial charge in [-0.1, -0.05) is 6.07 Å². The number of nitrogens with one attached hydrogen (secondary N) is 2. The van der Waals surface area contributed by atoms with Gasteiger partial charge in [0.15, 0.2) is 0 Å². The van der Waals surface area contributed by atoms with Crippen LogP contribution in [0.4, 0.5) is 5.69 Å². The van der Waals surface area contributed by atoms with Crippen LogP contribution in [0.2, 0.25) is 0 Å². The van der Waals surface area contributed by atoms with Gasteiger partial charge in [-0.25, -0.2) is 8.42 Å². The van der Waals surface area contributed by atoms with Gasteiger partial charge in [0.2, 0.25) is 21.5 Å². The monoisotopic (exact) mass is 439 g/mol. The summed E-state index contributed by atoms with van der Waals surface area (Å²) in [5.41, 5.74) is 3.18. The van der Waals surface area contributed by atoms with Gasteiger partial charge in [0.05, 0.1) is 10.8 Å². The fraction of sp³-hybridized carbons (Fsp3) is 0.304. The summed E-state index contributed by atoms with van der Waals surface area (Å²) in [6, 6.07) is 13.5. The molecule has 2 N–H and O–H groups in total. The fourth-order valence-corrected chi connectivity index (χ4v) is 5.67. The molecule has 1 aliphatic rings. The van der Waals surface area contributed by atoms with Gasteiger partial charge in [-0.15, -0.1) is 0 Å². The topological polar surface area (TPSA) is 99.3 Å². The summed E-state index contributed by atoms with van der Waals surface area (Å²) in [4.78, 5) is 27.1. The molecule has 2 aromatic carbocycles. The Balaban J connectivity index is 1.53. The largest absolute Gasteiger partial charge is 0.326 e. The Hall–Kier alpha value is -2.97. The molecule has 2 heterocycles. The highest BCUT2D eigenvalue weighted by molar-refractivity contribution is 7.89. The number of amides is 1. The number of aryl methyl sites for hydroxylation is 2. The van der Waals surface area contributed by atoms with Crippen molar-refractivity contribution in [3.05, 3.63) is 70.0 Å². The van der Waals surface area contributed by atoms with Gasteiger partial charge in [-0.3, -0.25) is 9.59 Å². The molecule has 1 saturated heterocycles. The number of fused-ring (bicyclic) bond motifs is 1. The highest BCUT2D eigenvalue weighted by atomic mass is 32.2. The number of piperidine rings is 1. The Morgan fingerprint density at radius 3 is 2.55 bits per heavy atom. The molecule has 7 nitrogen and oxygen atoms in total. The second-order valence-corrected chi connectivity index (χ2v) is 10.1. The lowest BCUT2D eigenvalue weighted by Crippen LogP contribution is -2.43. The Morgan fingerprint density at radius 2 is 1.81 bits per heavy atom. The minimum absolute atomic E-state index is 0.141. The summed E-state index contributed by atoms with van der Waals surface area (Å²) < 4.78 is 27.9. The summed E-state index contributed by atoms with van der Waals surface area (Å²) in [6.45, 7) is 4.45. The summed E-state index contributed by atoms with van der Waals surface area (Å²) >= 11 is 0. The fourth-order valence-electron chi connectivity index (χ4n) is 4.11. The second kappa shape index (κ2) is 8.28. The van der Waals surface area contributed by atoms with Crippen LogP contribution in [-0.2, 0) is 14.8 Å². The van der Waals surface area contributed by atoms with Crippen LogP contribution in [0, 0.1) is 19.8 Å². The number of aromatic amines is 1. The van der Waals surface area contributed by atoms with E-state index in [2.05, 4.69) is 10.3 Å². The zero-order valence-electron chi connectivity index (χ0n) is 17.5. The third-order valence-corrected chi connectivity index (χ3v) is 7.44. The molecule has 31 heavy (non-hydrogen) atoms. The van der Waals surface area contributed by atoms with Crippen LogP contribution in [-0.4, -0.2) is 36.7 Å². The Bertz CT molecular complexity index is 1290. The van der Waals surface area contributed by atoms with Gasteiger partial charge in [-0.05, 0) is 79.6 Å². The second-order valence-electron chi connectivity index (χ2n) is 8.14. The molecule has 0 spiro atoms. The quantitative estimate of drug-likeness (QED) is 0.652. The van der Waals surface area contributed by atoms with E-state index in [1.165, 1.54) is 16.4 Å². The number of anilines is 1. The molecule has 3 aromatic rings. The maximum absolute atomic E-state index is 13.2. The van der Waals surface area contributed by atoms with E-state index in [-0.39, 0.29) is 22.9 Å². The van der Waals surface area contributed by atoms with Gasteiger partial charge in [-0.2, -0.15) is 4.31 Å². The molecule has 162 valence electrons. The molecule has 1 aromatic heterocycles. The van der Waals surface area contributed by atoms with Crippen LogP contribution in [0.15, 0.2) is 58.2 Å². The number of rotatable bonds is 4. The molecule has 0 radical (unpaired) electrons. The molecule has 8 heteroatoms. The van der Waals surface area contributed by atoms with E-state index in [1.54, 1.807) is 18.2 Å². The zero-order valence-corrected chi connectivity index (χ0v) is 18.3. The van der Waals surface area contributed by atoms with Gasteiger partial charge < -0.3 is 10.3 Å². The number of nitrogens with zero attached hydrogens (tertiary/aromatic N) is 1. The van der Waals surface area contributed by atoms with E-state index < -0.39 is 15.9 Å². The molecule has 1 fully saturated rings. The van der Waals surface area contributed by atoms with Crippen molar-refractivity contribution in [1.29, 1.82) is 0 Å². The number of hydrogen-bond donors (Lipinski definition) is 2. The first-order chi connectivity index (χ1) is 14.7. The van der Waals surface area contributed by atoms with Crippen molar-refractivity contribution < 1.29 is 13.2 Å². The van der Waals surface area contributed by atoms with E-state index in [9.17, 15) is 18.0 Å². The standard InChI is InChI=1S/C23H25N3O4S/c1-15-10-16(2)12-19(11-15)24-23(28)18-4-3-9-26(14-18)31(29,30)20-6-7-21-17(13-20)5-8-22(27)25-21/h5-8,10-13,18H,3-4,9,14H2,1-2H3,(H,24,28)(H,25,27)/t18-/m1/s1. The van der Waals surface area contributed by atoms with E-state index in [0.717, 1.165) is 16.8 Å². The molecular formula is C23H25N3O4S. The van der Waals surface area contributed by atoms with Gasteiger partial charge in [0, 0.05) is 30.4 Å². The summed E-state index contributed by atoms with van der Waals surface area (Å²) in [5.74, 6) is -0.581. The van der Waals surface area contributed by atoms with E-state index in [4.69, 9.17) is 0 Å². The lowest BCUT2D eigenvalue weighted by Gasteiger charge is -2.31. The smallest absolute Gasteiger partial charge is 0.248 e. The number of hydrogen-bond acceptors (Lipinski definition) is 4. The third-order valence-electron chi connectivity index (χ3n) is 5.58. The molecule has 0 unspecified atom stereocenters. The maximum Gasteiger partial charge on any atom is 0.248 e. The molecule has 0 aliphatic carbocycles. The molecule has 0 saturated carbocycles. The first-order valence-electron chi connectivity index (χ1n) is 10.2. The summed E-state index contributed by atoms with van der Waals surface area (Å²) in [5, 5.41) is 3.58. The predicted molar refractivity (Wildman–Crippen MR) is 121 cm³/mol. The molecule has 1 amide bonds. The van der Waals surface area contributed by atoms with Crippen LogP contribution in [0.25, 0.3) is 10.9 Å². The van der Waals surface area contributed by atoms with Crippen molar-refractivity contribution >= 4 is 32.5 Å². The van der Waals surface area contributed by atoms with E-state index >= 15 is 0 Å². The van der Waals surface area contributed by atoms with Crippen molar-refractivity contribution in [1.82, 2.24) is 9.29 Å². The zero-order chi connectivity index (χ0) is 22.2. The summed E-state index contributed by atoms with van der Waals surface area (Å²) in [6.07, 6.45) is 1.26. The highest BCUT2D eigenvalue weighted by Gasteiger charge is 2.33. The molecule has 1 atom stereocenters. The average molecular weight is 440 g/mol. The summed E-state index contributed by atoms with van der Waals surface area (Å²) in [7, 11) is -3.76. The third kappa shape index (κ3) is 4.55. The van der Waals surface area contributed by atoms with E-state index in [1.807, 2.05) is 32.0 Å². The van der Waals surface area contributed by atoms with Crippen LogP contribution >= 0.6 is 0 Å². The number of carbonyl (C=O) groups excluding carboxylic acids is 1. The Morgan fingerprint density at radius 1 is 1.06 bits per heavy atom. The Kier molecular flexibility index (Phi) is 5.68. The molecule has 1 aliphatic heterocycles. The van der Waals surface area contributed by atoms with Gasteiger partial charge in [0.1, 0.15) is 0 Å². The highest BCUT2D eigenvalue weighted by Crippen LogP contribution is 2.26. The van der Waals surface area contributed by atoms with Crippen molar-refractivity contribution in [2.45, 2.75) is 31.6 Å². The number of carbonyl (C=O) groups is 1. The average Bonchev–Trinajstić information content (AvgIpc) is 2.72. The number of benzene rings is 2. The van der Waals surface area contributed by atoms with Crippen LogP contribution < -0.4 is 10.9 Å². The number of H-pyrrole nitrogens is 1. The Labute approximate surface area is 181 Å². The van der Waals surface area contributed by atoms with Crippen molar-refractivity contribution in [3.8, 4) is 0 Å². The normalized spacial score (nSPS) is 17.5. The molecular weight excluding hydrogens is 414 g/mol. The van der Waals surface area contributed by atoms with Crippen LogP contribution in [0.1, 0.15) is 24.0 Å². The lowest BCUT2D eigenvalue weighted by molar-refractivity contribution is -0.120. The number of pyridine rings is 1. The number of aromatic nitrogens is 1. The number of sulfonamides is 1. The predicted octanol–water partition coefficient (Wildman–Crippen LogP) is 3.18. The van der Waals surface area contributed by atoms with Crippen LogP contribution in [0.3, 0.4) is 0 Å². The molecule has 0 bridgehead atoms. The van der Waals surface area contributed by atoms with Gasteiger partial charge in [0.25, 0.3) is 0 Å². The lowest BCUT2D eigenvalue weighted by atomic mass is 9.98. The van der Waals surface area contributed by atoms with E-state index in [0.29, 0.717) is 30.3 Å².